The van der Waals surface area contributed by atoms with Crippen LogP contribution >= 0.6 is 11.6 Å². The smallest absolute Gasteiger partial charge is 0.337 e. The van der Waals surface area contributed by atoms with Gasteiger partial charge in [-0.25, -0.2) is 9.18 Å². The second-order valence-corrected chi connectivity index (χ2v) is 4.45. The number of carbonyl (C=O) groups is 1. The third-order valence-corrected chi connectivity index (χ3v) is 2.93. The van der Waals surface area contributed by atoms with Crippen molar-refractivity contribution in [3.63, 3.8) is 0 Å². The Balaban J connectivity index is 2.45. The van der Waals surface area contributed by atoms with E-state index in [1.807, 2.05) is 0 Å². The van der Waals surface area contributed by atoms with E-state index in [0.29, 0.717) is 5.69 Å². The summed E-state index contributed by atoms with van der Waals surface area (Å²) in [5.41, 5.74) is -0.0967. The maximum atomic E-state index is 13.1. The van der Waals surface area contributed by atoms with Crippen molar-refractivity contribution >= 4 is 34.6 Å². The fraction of sp³-hybridized carbons (Fsp3) is 0. The molecule has 0 saturated heterocycles. The molecule has 0 aliphatic heterocycles. The molecule has 21 heavy (non-hydrogen) atoms. The number of halogens is 2. The zero-order valence-corrected chi connectivity index (χ0v) is 11.1. The Labute approximate surface area is 122 Å². The maximum absolute atomic E-state index is 13.1. The fourth-order valence-electron chi connectivity index (χ4n) is 1.67. The maximum Gasteiger partial charge on any atom is 0.337 e. The van der Waals surface area contributed by atoms with E-state index in [2.05, 4.69) is 5.32 Å². The van der Waals surface area contributed by atoms with Gasteiger partial charge in [0.15, 0.2) is 0 Å². The number of nitrogens with one attached hydrogen (secondary N) is 1. The fourth-order valence-corrected chi connectivity index (χ4v) is 1.85. The van der Waals surface area contributed by atoms with Crippen LogP contribution in [0.5, 0.6) is 0 Å². The Hall–Kier alpha value is -2.67. The van der Waals surface area contributed by atoms with Crippen molar-refractivity contribution in [1.29, 1.82) is 0 Å². The van der Waals surface area contributed by atoms with E-state index in [0.717, 1.165) is 24.3 Å². The monoisotopic (exact) mass is 310 g/mol. The molecule has 0 saturated carbocycles. The molecule has 0 spiro atoms. The van der Waals surface area contributed by atoms with Gasteiger partial charge in [-0.2, -0.15) is 0 Å². The van der Waals surface area contributed by atoms with Crippen LogP contribution in [0.1, 0.15) is 10.4 Å². The molecule has 0 atom stereocenters. The van der Waals surface area contributed by atoms with E-state index < -0.39 is 16.7 Å². The number of hydrogen-bond donors (Lipinski definition) is 2. The molecule has 0 aliphatic carbocycles. The van der Waals surface area contributed by atoms with Crippen LogP contribution < -0.4 is 5.32 Å². The summed E-state index contributed by atoms with van der Waals surface area (Å²) >= 11 is 5.62. The summed E-state index contributed by atoms with van der Waals surface area (Å²) in [4.78, 5) is 21.2. The SMILES string of the molecule is O=C(O)c1ccc([N+](=O)[O-])cc1Nc1ccc(F)c(Cl)c1. The van der Waals surface area contributed by atoms with Gasteiger partial charge in [-0.05, 0) is 24.3 Å². The minimum atomic E-state index is -1.25. The largest absolute Gasteiger partial charge is 0.478 e. The Kier molecular flexibility index (Phi) is 4.04. The molecule has 0 aromatic heterocycles. The highest BCUT2D eigenvalue weighted by molar-refractivity contribution is 6.31. The summed E-state index contributed by atoms with van der Waals surface area (Å²) in [6.07, 6.45) is 0. The van der Waals surface area contributed by atoms with E-state index in [9.17, 15) is 19.3 Å². The average Bonchev–Trinajstić information content (AvgIpc) is 2.42. The number of hydrogen-bond acceptors (Lipinski definition) is 4. The van der Waals surface area contributed by atoms with Crippen molar-refractivity contribution < 1.29 is 19.2 Å². The van der Waals surface area contributed by atoms with Gasteiger partial charge in [0.25, 0.3) is 5.69 Å². The first-order valence-corrected chi connectivity index (χ1v) is 6.00. The number of nitro groups is 1. The van der Waals surface area contributed by atoms with Gasteiger partial charge in [0, 0.05) is 17.8 Å². The molecule has 0 bridgehead atoms. The quantitative estimate of drug-likeness (QED) is 0.661. The third-order valence-electron chi connectivity index (χ3n) is 2.64. The third kappa shape index (κ3) is 3.26. The number of nitro benzene ring substituents is 1. The van der Waals surface area contributed by atoms with Crippen molar-refractivity contribution in [2.45, 2.75) is 0 Å². The molecular formula is C13H8ClFN2O4. The van der Waals surface area contributed by atoms with Crippen LogP contribution in [0.4, 0.5) is 21.5 Å². The number of anilines is 2. The molecule has 2 aromatic rings. The van der Waals surface area contributed by atoms with E-state index in [1.54, 1.807) is 0 Å². The van der Waals surface area contributed by atoms with Crippen LogP contribution in [0.15, 0.2) is 36.4 Å². The second kappa shape index (κ2) is 5.76. The van der Waals surface area contributed by atoms with E-state index in [4.69, 9.17) is 16.7 Å². The Morgan fingerprint density at radius 1 is 1.29 bits per heavy atom. The number of nitrogens with zero attached hydrogens (tertiary/aromatic N) is 1. The number of carboxylic acid groups (broad SMARTS) is 1. The van der Waals surface area contributed by atoms with E-state index >= 15 is 0 Å². The van der Waals surface area contributed by atoms with Gasteiger partial charge in [-0.3, -0.25) is 10.1 Å². The van der Waals surface area contributed by atoms with Gasteiger partial charge >= 0.3 is 5.97 Å². The average molecular weight is 311 g/mol. The highest BCUT2D eigenvalue weighted by atomic mass is 35.5. The highest BCUT2D eigenvalue weighted by Gasteiger charge is 2.15. The van der Waals surface area contributed by atoms with Crippen LogP contribution in [-0.4, -0.2) is 16.0 Å². The van der Waals surface area contributed by atoms with Crippen LogP contribution in [0.25, 0.3) is 0 Å². The molecule has 0 unspecified atom stereocenters. The summed E-state index contributed by atoms with van der Waals surface area (Å²) in [5, 5.41) is 22.4. The highest BCUT2D eigenvalue weighted by Crippen LogP contribution is 2.28. The van der Waals surface area contributed by atoms with Crippen LogP contribution in [-0.2, 0) is 0 Å². The number of non-ortho nitro benzene ring substituents is 1. The van der Waals surface area contributed by atoms with E-state index in [1.165, 1.54) is 12.1 Å². The number of benzene rings is 2. The molecule has 2 aromatic carbocycles. The number of carboxylic acids is 1. The van der Waals surface area contributed by atoms with Crippen LogP contribution in [0, 0.1) is 15.9 Å². The van der Waals surface area contributed by atoms with Crippen molar-refractivity contribution in [2.24, 2.45) is 0 Å². The number of rotatable bonds is 4. The van der Waals surface area contributed by atoms with Crippen LogP contribution in [0.3, 0.4) is 0 Å². The Bertz CT molecular complexity index is 736. The standard InChI is InChI=1S/C13H8ClFN2O4/c14-10-5-7(1-4-11(10)15)16-12-6-8(17(20)21)2-3-9(12)13(18)19/h1-6,16H,(H,18,19). The number of aromatic carboxylic acids is 1. The molecule has 0 amide bonds. The lowest BCUT2D eigenvalue weighted by Gasteiger charge is -2.10. The summed E-state index contributed by atoms with van der Waals surface area (Å²) in [5.74, 6) is -1.87. The molecule has 2 N–H and O–H groups in total. The zero-order valence-electron chi connectivity index (χ0n) is 10.3. The molecule has 0 aliphatic rings. The van der Waals surface area contributed by atoms with E-state index in [-0.39, 0.29) is 22.0 Å². The van der Waals surface area contributed by atoms with Crippen molar-refractivity contribution in [3.05, 3.63) is 62.9 Å². The first-order valence-electron chi connectivity index (χ1n) is 5.62. The first-order chi connectivity index (χ1) is 9.88. The topological polar surface area (TPSA) is 92.5 Å². The van der Waals surface area contributed by atoms with Gasteiger partial charge in [-0.1, -0.05) is 11.6 Å². The van der Waals surface area contributed by atoms with Gasteiger partial charge < -0.3 is 10.4 Å². The lowest BCUT2D eigenvalue weighted by molar-refractivity contribution is -0.384. The summed E-state index contributed by atoms with van der Waals surface area (Å²) in [6.45, 7) is 0. The Morgan fingerprint density at radius 2 is 2.00 bits per heavy atom. The molecule has 0 fully saturated rings. The molecular weight excluding hydrogens is 303 g/mol. The lowest BCUT2D eigenvalue weighted by Crippen LogP contribution is -2.03. The van der Waals surface area contributed by atoms with Gasteiger partial charge in [0.1, 0.15) is 5.82 Å². The van der Waals surface area contributed by atoms with Gasteiger partial charge in [-0.15, -0.1) is 0 Å². The molecule has 0 radical (unpaired) electrons. The van der Waals surface area contributed by atoms with Gasteiger partial charge in [0.2, 0.25) is 0 Å². The predicted molar refractivity (Wildman–Crippen MR) is 74.7 cm³/mol. The summed E-state index contributed by atoms with van der Waals surface area (Å²) in [6, 6.07) is 6.98. The summed E-state index contributed by atoms with van der Waals surface area (Å²) < 4.78 is 13.1. The van der Waals surface area contributed by atoms with Crippen molar-refractivity contribution in [1.82, 2.24) is 0 Å². The predicted octanol–water partition coefficient (Wildman–Crippen LogP) is 3.83. The van der Waals surface area contributed by atoms with Crippen molar-refractivity contribution in [2.75, 3.05) is 5.32 Å². The van der Waals surface area contributed by atoms with Crippen LogP contribution in [0.2, 0.25) is 5.02 Å². The van der Waals surface area contributed by atoms with Gasteiger partial charge in [0.05, 0.1) is 21.2 Å². The summed E-state index contributed by atoms with van der Waals surface area (Å²) in [7, 11) is 0. The minimum Gasteiger partial charge on any atom is -0.478 e. The zero-order chi connectivity index (χ0) is 15.6. The molecule has 108 valence electrons. The normalized spacial score (nSPS) is 10.2. The minimum absolute atomic E-state index is 0.0133. The lowest BCUT2D eigenvalue weighted by atomic mass is 10.1. The second-order valence-electron chi connectivity index (χ2n) is 4.05. The molecule has 8 heteroatoms. The van der Waals surface area contributed by atoms with Crippen molar-refractivity contribution in [3.8, 4) is 0 Å². The Morgan fingerprint density at radius 3 is 2.57 bits per heavy atom. The molecule has 6 nitrogen and oxygen atoms in total. The first kappa shape index (κ1) is 14.7. The molecule has 2 rings (SSSR count). The molecule has 0 heterocycles.